The molecule has 8 nitrogen and oxygen atoms in total. The molecule has 1 aliphatic rings. The smallest absolute Gasteiger partial charge is 0.276 e. The van der Waals surface area contributed by atoms with Gasteiger partial charge in [-0.05, 0) is 18.6 Å². The third-order valence-electron chi connectivity index (χ3n) is 4.48. The Morgan fingerprint density at radius 3 is 2.92 bits per heavy atom. The first-order valence-corrected chi connectivity index (χ1v) is 8.41. The number of nitrogens with zero attached hydrogens (tertiary/aromatic N) is 4. The van der Waals surface area contributed by atoms with Gasteiger partial charge >= 0.3 is 0 Å². The van der Waals surface area contributed by atoms with Gasteiger partial charge in [0.25, 0.3) is 11.5 Å². The first kappa shape index (κ1) is 16.2. The van der Waals surface area contributed by atoms with Gasteiger partial charge in [-0.3, -0.25) is 14.6 Å². The van der Waals surface area contributed by atoms with Gasteiger partial charge in [0, 0.05) is 36.5 Å². The second-order valence-electron chi connectivity index (χ2n) is 6.03. The van der Waals surface area contributed by atoms with E-state index in [2.05, 4.69) is 19.9 Å². The van der Waals surface area contributed by atoms with Crippen LogP contribution in [0.15, 0.2) is 40.1 Å². The van der Waals surface area contributed by atoms with Crippen LogP contribution >= 0.6 is 0 Å². The van der Waals surface area contributed by atoms with Crippen molar-refractivity contribution in [1.29, 1.82) is 0 Å². The number of aromatic nitrogens is 4. The van der Waals surface area contributed by atoms with E-state index in [0.29, 0.717) is 47.9 Å². The molecule has 3 aromatic heterocycles. The summed E-state index contributed by atoms with van der Waals surface area (Å²) in [4.78, 5) is 42.3. The maximum Gasteiger partial charge on any atom is 0.276 e. The van der Waals surface area contributed by atoms with Crippen molar-refractivity contribution in [2.75, 3.05) is 6.54 Å². The van der Waals surface area contributed by atoms with Gasteiger partial charge in [0.15, 0.2) is 12.1 Å². The zero-order valence-electron chi connectivity index (χ0n) is 14.2. The number of fused-ring (bicyclic) bond motifs is 1. The second-order valence-corrected chi connectivity index (χ2v) is 6.03. The van der Waals surface area contributed by atoms with Gasteiger partial charge in [-0.2, -0.15) is 0 Å². The third kappa shape index (κ3) is 2.79. The highest BCUT2D eigenvalue weighted by molar-refractivity contribution is 5.93. The molecular weight excluding hydrogens is 334 g/mol. The summed E-state index contributed by atoms with van der Waals surface area (Å²) in [6.07, 6.45) is 5.62. The Labute approximate surface area is 148 Å². The van der Waals surface area contributed by atoms with Crippen LogP contribution < -0.4 is 5.56 Å². The summed E-state index contributed by atoms with van der Waals surface area (Å²) in [6, 6.07) is 3.55. The highest BCUT2D eigenvalue weighted by Gasteiger charge is 2.28. The van der Waals surface area contributed by atoms with Crippen LogP contribution in [0, 0.1) is 0 Å². The van der Waals surface area contributed by atoms with Crippen LogP contribution in [0.25, 0.3) is 11.4 Å². The molecule has 0 bridgehead atoms. The molecule has 26 heavy (non-hydrogen) atoms. The fourth-order valence-corrected chi connectivity index (χ4v) is 3.11. The van der Waals surface area contributed by atoms with Gasteiger partial charge in [0.2, 0.25) is 0 Å². The molecule has 3 aromatic rings. The molecule has 1 N–H and O–H groups in total. The van der Waals surface area contributed by atoms with Gasteiger partial charge in [-0.25, -0.2) is 9.97 Å². The van der Waals surface area contributed by atoms with Crippen molar-refractivity contribution in [3.8, 4) is 11.4 Å². The number of aromatic amines is 1. The van der Waals surface area contributed by atoms with Gasteiger partial charge < -0.3 is 14.3 Å². The lowest BCUT2D eigenvalue weighted by Gasteiger charge is -2.27. The zero-order chi connectivity index (χ0) is 18.1. The molecular formula is C18H17N5O3. The summed E-state index contributed by atoms with van der Waals surface area (Å²) in [5.41, 5.74) is 2.18. The van der Waals surface area contributed by atoms with Crippen LogP contribution in [-0.2, 0) is 19.4 Å². The van der Waals surface area contributed by atoms with E-state index >= 15 is 0 Å². The van der Waals surface area contributed by atoms with E-state index in [0.717, 1.165) is 5.56 Å². The molecule has 0 saturated carbocycles. The van der Waals surface area contributed by atoms with Crippen LogP contribution in [0.2, 0.25) is 0 Å². The highest BCUT2D eigenvalue weighted by atomic mass is 16.3. The van der Waals surface area contributed by atoms with Crippen molar-refractivity contribution in [3.05, 3.63) is 64.0 Å². The standard InChI is InChI=1S/C18H17N5O3/c1-2-14-15(20-10-26-14)18(25)23-8-5-12-13(9-23)21-16(22-17(12)24)11-3-6-19-7-4-11/h3-4,6-7,10H,2,5,8-9H2,1H3,(H,21,22,24). The summed E-state index contributed by atoms with van der Waals surface area (Å²) in [7, 11) is 0. The van der Waals surface area contributed by atoms with Crippen LogP contribution in [0.5, 0.6) is 0 Å². The van der Waals surface area contributed by atoms with Crippen LogP contribution in [0.1, 0.15) is 34.4 Å². The number of aryl methyl sites for hydroxylation is 1. The van der Waals surface area contributed by atoms with Crippen molar-refractivity contribution in [2.24, 2.45) is 0 Å². The van der Waals surface area contributed by atoms with E-state index in [1.165, 1.54) is 6.39 Å². The lowest BCUT2D eigenvalue weighted by molar-refractivity contribution is 0.0724. The van der Waals surface area contributed by atoms with Gasteiger partial charge in [-0.15, -0.1) is 0 Å². The maximum atomic E-state index is 12.8. The Kier molecular flexibility index (Phi) is 4.08. The average Bonchev–Trinajstić information content (AvgIpc) is 3.16. The Balaban J connectivity index is 1.67. The minimum absolute atomic E-state index is 0.162. The molecule has 1 aliphatic heterocycles. The van der Waals surface area contributed by atoms with E-state index in [1.54, 1.807) is 29.4 Å². The number of hydrogen-bond acceptors (Lipinski definition) is 6. The molecule has 132 valence electrons. The maximum absolute atomic E-state index is 12.8. The number of rotatable bonds is 3. The second kappa shape index (κ2) is 6.55. The molecule has 0 spiro atoms. The van der Waals surface area contributed by atoms with E-state index < -0.39 is 0 Å². The molecule has 0 aliphatic carbocycles. The summed E-state index contributed by atoms with van der Waals surface area (Å²) in [5, 5.41) is 0. The van der Waals surface area contributed by atoms with E-state index in [4.69, 9.17) is 4.42 Å². The fraction of sp³-hybridized carbons (Fsp3) is 0.278. The van der Waals surface area contributed by atoms with Gasteiger partial charge in [0.1, 0.15) is 11.6 Å². The van der Waals surface area contributed by atoms with Crippen molar-refractivity contribution < 1.29 is 9.21 Å². The molecule has 0 unspecified atom stereocenters. The van der Waals surface area contributed by atoms with E-state index in [9.17, 15) is 9.59 Å². The topological polar surface area (TPSA) is 105 Å². The number of H-pyrrole nitrogens is 1. The van der Waals surface area contributed by atoms with Crippen molar-refractivity contribution in [1.82, 2.24) is 24.8 Å². The van der Waals surface area contributed by atoms with Crippen LogP contribution in [-0.4, -0.2) is 37.3 Å². The molecule has 1 amide bonds. The van der Waals surface area contributed by atoms with Crippen LogP contribution in [0.3, 0.4) is 0 Å². The summed E-state index contributed by atoms with van der Waals surface area (Å²) in [5.74, 6) is 0.840. The molecule has 0 fully saturated rings. The largest absolute Gasteiger partial charge is 0.448 e. The third-order valence-corrected chi connectivity index (χ3v) is 4.48. The summed E-state index contributed by atoms with van der Waals surface area (Å²) in [6.45, 7) is 2.62. The van der Waals surface area contributed by atoms with E-state index in [1.807, 2.05) is 6.92 Å². The number of oxazole rings is 1. The summed E-state index contributed by atoms with van der Waals surface area (Å²) >= 11 is 0. The minimum Gasteiger partial charge on any atom is -0.448 e. The summed E-state index contributed by atoms with van der Waals surface area (Å²) < 4.78 is 5.26. The lowest BCUT2D eigenvalue weighted by atomic mass is 10.1. The molecule has 0 saturated heterocycles. The number of hydrogen-bond donors (Lipinski definition) is 1. The minimum atomic E-state index is -0.200. The number of carbonyl (C=O) groups excluding carboxylic acids is 1. The number of carbonyl (C=O) groups is 1. The predicted molar refractivity (Wildman–Crippen MR) is 92.4 cm³/mol. The fourth-order valence-electron chi connectivity index (χ4n) is 3.11. The molecule has 0 atom stereocenters. The molecule has 4 heterocycles. The Bertz CT molecular complexity index is 1010. The normalized spacial score (nSPS) is 13.5. The van der Waals surface area contributed by atoms with E-state index in [-0.39, 0.29) is 18.0 Å². The molecule has 0 aromatic carbocycles. The van der Waals surface area contributed by atoms with Gasteiger partial charge in [-0.1, -0.05) is 6.92 Å². The Morgan fingerprint density at radius 1 is 1.35 bits per heavy atom. The molecule has 0 radical (unpaired) electrons. The van der Waals surface area contributed by atoms with Crippen LogP contribution in [0.4, 0.5) is 0 Å². The SMILES string of the molecule is CCc1ocnc1C(=O)N1CCc2c(nc(-c3ccncc3)[nH]c2=O)C1. The Morgan fingerprint density at radius 2 is 2.15 bits per heavy atom. The predicted octanol–water partition coefficient (Wildman–Crippen LogP) is 1.58. The first-order chi connectivity index (χ1) is 12.7. The van der Waals surface area contributed by atoms with Crippen molar-refractivity contribution in [2.45, 2.75) is 26.3 Å². The Hall–Kier alpha value is -3.29. The number of amides is 1. The monoisotopic (exact) mass is 351 g/mol. The quantitative estimate of drug-likeness (QED) is 0.768. The van der Waals surface area contributed by atoms with Crippen molar-refractivity contribution in [3.63, 3.8) is 0 Å². The highest BCUT2D eigenvalue weighted by Crippen LogP contribution is 2.20. The first-order valence-electron chi connectivity index (χ1n) is 8.41. The lowest BCUT2D eigenvalue weighted by Crippen LogP contribution is -2.39. The molecule has 4 rings (SSSR count). The zero-order valence-corrected chi connectivity index (χ0v) is 14.2. The van der Waals surface area contributed by atoms with Gasteiger partial charge in [0.05, 0.1) is 12.2 Å². The van der Waals surface area contributed by atoms with Crippen molar-refractivity contribution >= 4 is 5.91 Å². The number of pyridine rings is 1. The number of nitrogens with one attached hydrogen (secondary N) is 1. The average molecular weight is 351 g/mol. The molecule has 8 heteroatoms.